The fourth-order valence-corrected chi connectivity index (χ4v) is 2.70. The lowest BCUT2D eigenvalue weighted by Gasteiger charge is -2.32. The van der Waals surface area contributed by atoms with E-state index in [-0.39, 0.29) is 17.9 Å². The smallest absolute Gasteiger partial charge is 0.261 e. The van der Waals surface area contributed by atoms with Crippen molar-refractivity contribution in [1.82, 2.24) is 4.90 Å². The summed E-state index contributed by atoms with van der Waals surface area (Å²) in [5, 5.41) is 0. The van der Waals surface area contributed by atoms with Crippen molar-refractivity contribution >= 4 is 17.5 Å². The van der Waals surface area contributed by atoms with Crippen LogP contribution in [0.15, 0.2) is 18.2 Å². The minimum absolute atomic E-state index is 0.212. The van der Waals surface area contributed by atoms with Crippen molar-refractivity contribution in [3.63, 3.8) is 0 Å². The van der Waals surface area contributed by atoms with Gasteiger partial charge in [-0.1, -0.05) is 0 Å². The van der Waals surface area contributed by atoms with E-state index in [0.29, 0.717) is 11.1 Å². The summed E-state index contributed by atoms with van der Waals surface area (Å²) in [5.41, 5.74) is 7.91. The van der Waals surface area contributed by atoms with E-state index >= 15 is 0 Å². The highest BCUT2D eigenvalue weighted by atomic mass is 16.2. The zero-order valence-electron chi connectivity index (χ0n) is 10.9. The second kappa shape index (κ2) is 4.35. The van der Waals surface area contributed by atoms with Gasteiger partial charge in [-0.2, -0.15) is 0 Å². The third-order valence-electron chi connectivity index (χ3n) is 3.98. The van der Waals surface area contributed by atoms with Gasteiger partial charge in [0.15, 0.2) is 0 Å². The molecule has 1 aromatic rings. The molecule has 1 aromatic carbocycles. The van der Waals surface area contributed by atoms with Crippen LogP contribution in [0, 0.1) is 0 Å². The Balaban J connectivity index is 1.91. The van der Waals surface area contributed by atoms with Crippen molar-refractivity contribution in [1.29, 1.82) is 0 Å². The van der Waals surface area contributed by atoms with Crippen molar-refractivity contribution < 1.29 is 9.59 Å². The number of nitrogens with two attached hydrogens (primary N) is 1. The first kappa shape index (κ1) is 12.2. The second-order valence-corrected chi connectivity index (χ2v) is 5.22. The Bertz CT molecular complexity index is 548. The van der Waals surface area contributed by atoms with E-state index in [4.69, 9.17) is 5.73 Å². The third kappa shape index (κ3) is 1.90. The predicted octanol–water partition coefficient (Wildman–Crippen LogP) is 0.840. The molecule has 0 saturated carbocycles. The quantitative estimate of drug-likeness (QED) is 0.759. The van der Waals surface area contributed by atoms with Crippen LogP contribution >= 0.6 is 0 Å². The summed E-state index contributed by atoms with van der Waals surface area (Å²) in [5.74, 6) is -0.428. The first-order valence-corrected chi connectivity index (χ1v) is 6.55. The number of carbonyl (C=O) groups excluding carboxylic acids is 2. The molecular formula is C14H17N3O2. The van der Waals surface area contributed by atoms with Gasteiger partial charge in [0.2, 0.25) is 0 Å². The van der Waals surface area contributed by atoms with Gasteiger partial charge in [0.1, 0.15) is 0 Å². The number of hydrogen-bond acceptors (Lipinski definition) is 4. The first-order chi connectivity index (χ1) is 9.08. The van der Waals surface area contributed by atoms with Crippen LogP contribution in [0.5, 0.6) is 0 Å². The van der Waals surface area contributed by atoms with Gasteiger partial charge >= 0.3 is 0 Å². The number of amides is 2. The summed E-state index contributed by atoms with van der Waals surface area (Å²) in [6.45, 7) is 1.80. The minimum atomic E-state index is -0.216. The second-order valence-electron chi connectivity index (χ2n) is 5.22. The molecule has 3 rings (SSSR count). The molecule has 0 aromatic heterocycles. The van der Waals surface area contributed by atoms with Gasteiger partial charge in [-0.3, -0.25) is 14.5 Å². The first-order valence-electron chi connectivity index (χ1n) is 6.55. The maximum Gasteiger partial charge on any atom is 0.261 e. The van der Waals surface area contributed by atoms with Crippen molar-refractivity contribution in [2.45, 2.75) is 18.9 Å². The lowest BCUT2D eigenvalue weighted by Crippen LogP contribution is -2.39. The fraction of sp³-hybridized carbons (Fsp3) is 0.429. The summed E-state index contributed by atoms with van der Waals surface area (Å²) in [6.07, 6.45) is 1.92. The highest BCUT2D eigenvalue weighted by Crippen LogP contribution is 2.27. The molecule has 0 spiro atoms. The molecule has 2 heterocycles. The Morgan fingerprint density at radius 3 is 2.42 bits per heavy atom. The summed E-state index contributed by atoms with van der Waals surface area (Å²) in [4.78, 5) is 27.2. The van der Waals surface area contributed by atoms with Crippen LogP contribution in [0.1, 0.15) is 33.6 Å². The Labute approximate surface area is 112 Å². The lowest BCUT2D eigenvalue weighted by atomic mass is 10.0. The SMILES string of the molecule is CN1C(=O)c2ccc(N3CCC(N)CC3)cc2C1=O. The molecule has 2 amide bonds. The molecule has 19 heavy (non-hydrogen) atoms. The molecule has 1 saturated heterocycles. The molecule has 2 aliphatic rings. The number of carbonyl (C=O) groups is 2. The Morgan fingerprint density at radius 2 is 1.74 bits per heavy atom. The molecule has 2 aliphatic heterocycles. The molecule has 0 atom stereocenters. The summed E-state index contributed by atoms with van der Waals surface area (Å²) < 4.78 is 0. The van der Waals surface area contributed by atoms with E-state index in [2.05, 4.69) is 4.90 Å². The van der Waals surface area contributed by atoms with Crippen LogP contribution in [0.3, 0.4) is 0 Å². The molecule has 100 valence electrons. The van der Waals surface area contributed by atoms with Gasteiger partial charge in [0.05, 0.1) is 11.1 Å². The average Bonchev–Trinajstić information content (AvgIpc) is 2.64. The summed E-state index contributed by atoms with van der Waals surface area (Å²) in [6, 6.07) is 5.78. The molecule has 5 nitrogen and oxygen atoms in total. The lowest BCUT2D eigenvalue weighted by molar-refractivity contribution is 0.0693. The Kier molecular flexibility index (Phi) is 2.78. The highest BCUT2D eigenvalue weighted by molar-refractivity contribution is 6.21. The zero-order chi connectivity index (χ0) is 13.6. The van der Waals surface area contributed by atoms with E-state index in [1.807, 2.05) is 12.1 Å². The third-order valence-corrected chi connectivity index (χ3v) is 3.98. The maximum absolute atomic E-state index is 12.0. The normalized spacial score (nSPS) is 20.1. The molecule has 0 radical (unpaired) electrons. The van der Waals surface area contributed by atoms with Crippen molar-refractivity contribution in [2.24, 2.45) is 5.73 Å². The van der Waals surface area contributed by atoms with E-state index < -0.39 is 0 Å². The van der Waals surface area contributed by atoms with Crippen molar-refractivity contribution in [2.75, 3.05) is 25.0 Å². The fourth-order valence-electron chi connectivity index (χ4n) is 2.70. The van der Waals surface area contributed by atoms with Crippen molar-refractivity contribution in [3.8, 4) is 0 Å². The number of benzene rings is 1. The van der Waals surface area contributed by atoms with Crippen LogP contribution in [0.4, 0.5) is 5.69 Å². The molecule has 0 bridgehead atoms. The van der Waals surface area contributed by atoms with E-state index in [1.165, 1.54) is 11.9 Å². The predicted molar refractivity (Wildman–Crippen MR) is 72.3 cm³/mol. The monoisotopic (exact) mass is 259 g/mol. The number of nitrogens with zero attached hydrogens (tertiary/aromatic N) is 2. The van der Waals surface area contributed by atoms with Crippen LogP contribution in [0.2, 0.25) is 0 Å². The zero-order valence-corrected chi connectivity index (χ0v) is 10.9. The average molecular weight is 259 g/mol. The number of anilines is 1. The minimum Gasteiger partial charge on any atom is -0.371 e. The van der Waals surface area contributed by atoms with Crippen LogP contribution < -0.4 is 10.6 Å². The number of rotatable bonds is 1. The maximum atomic E-state index is 12.0. The Hall–Kier alpha value is -1.88. The van der Waals surface area contributed by atoms with Gasteiger partial charge in [-0.05, 0) is 31.0 Å². The van der Waals surface area contributed by atoms with Gasteiger partial charge in [0, 0.05) is 31.9 Å². The number of fused-ring (bicyclic) bond motifs is 1. The van der Waals surface area contributed by atoms with Gasteiger partial charge in [0.25, 0.3) is 11.8 Å². The molecule has 1 fully saturated rings. The van der Waals surface area contributed by atoms with Gasteiger partial charge in [-0.25, -0.2) is 0 Å². The summed E-state index contributed by atoms with van der Waals surface area (Å²) in [7, 11) is 1.52. The highest BCUT2D eigenvalue weighted by Gasteiger charge is 2.33. The van der Waals surface area contributed by atoms with Gasteiger partial charge in [-0.15, -0.1) is 0 Å². The molecule has 0 aliphatic carbocycles. The molecular weight excluding hydrogens is 242 g/mol. The largest absolute Gasteiger partial charge is 0.371 e. The Morgan fingerprint density at radius 1 is 1.11 bits per heavy atom. The van der Waals surface area contributed by atoms with E-state index in [9.17, 15) is 9.59 Å². The van der Waals surface area contributed by atoms with Gasteiger partial charge < -0.3 is 10.6 Å². The molecule has 5 heteroatoms. The standard InChI is InChI=1S/C14H17N3O2/c1-16-13(18)11-3-2-10(8-12(11)14(16)19)17-6-4-9(15)5-7-17/h2-3,8-9H,4-7,15H2,1H3. The van der Waals surface area contributed by atoms with Crippen LogP contribution in [0.25, 0.3) is 0 Å². The van der Waals surface area contributed by atoms with Crippen molar-refractivity contribution in [3.05, 3.63) is 29.3 Å². The number of imide groups is 1. The molecule has 2 N–H and O–H groups in total. The van der Waals surface area contributed by atoms with E-state index in [1.54, 1.807) is 6.07 Å². The topological polar surface area (TPSA) is 66.6 Å². The van der Waals surface area contributed by atoms with E-state index in [0.717, 1.165) is 31.6 Å². The van der Waals surface area contributed by atoms with Crippen LogP contribution in [-0.2, 0) is 0 Å². The molecule has 0 unspecified atom stereocenters. The summed E-state index contributed by atoms with van der Waals surface area (Å²) >= 11 is 0. The van der Waals surface area contributed by atoms with Crippen LogP contribution in [-0.4, -0.2) is 42.9 Å². The number of piperidine rings is 1. The number of hydrogen-bond donors (Lipinski definition) is 1.